The van der Waals surface area contributed by atoms with Crippen molar-refractivity contribution in [3.8, 4) is 0 Å². The van der Waals surface area contributed by atoms with Gasteiger partial charge in [0.2, 0.25) is 0 Å². The molecular weight excluding hydrogens is 352 g/mol. The van der Waals surface area contributed by atoms with Crippen LogP contribution in [-0.2, 0) is 11.3 Å². The number of aromatic carboxylic acids is 1. The van der Waals surface area contributed by atoms with Crippen LogP contribution in [-0.4, -0.2) is 55.4 Å². The first-order chi connectivity index (χ1) is 13.7. The molecule has 5 nitrogen and oxygen atoms in total. The molecule has 1 N–H and O–H groups in total. The summed E-state index contributed by atoms with van der Waals surface area (Å²) in [6.07, 6.45) is 2.20. The lowest BCUT2D eigenvalue weighted by Gasteiger charge is -2.34. The van der Waals surface area contributed by atoms with Gasteiger partial charge in [0.05, 0.1) is 18.8 Å². The van der Waals surface area contributed by atoms with Crippen LogP contribution in [0.2, 0.25) is 0 Å². The summed E-state index contributed by atoms with van der Waals surface area (Å²) in [5, 5.41) is 9.04. The monoisotopic (exact) mass is 380 g/mol. The molecule has 5 heteroatoms. The van der Waals surface area contributed by atoms with Crippen molar-refractivity contribution in [2.24, 2.45) is 0 Å². The number of hydrogen-bond acceptors (Lipinski definition) is 4. The van der Waals surface area contributed by atoms with E-state index in [2.05, 4.69) is 34.1 Å². The van der Waals surface area contributed by atoms with Gasteiger partial charge < -0.3 is 14.7 Å². The van der Waals surface area contributed by atoms with Gasteiger partial charge in [-0.15, -0.1) is 0 Å². The van der Waals surface area contributed by atoms with Crippen LogP contribution < -0.4 is 4.90 Å². The van der Waals surface area contributed by atoms with E-state index < -0.39 is 5.97 Å². The zero-order valence-corrected chi connectivity index (χ0v) is 16.2. The first-order valence-corrected chi connectivity index (χ1v) is 10.2. The third-order valence-corrected chi connectivity index (χ3v) is 5.94. The minimum atomic E-state index is -0.863. The van der Waals surface area contributed by atoms with Crippen LogP contribution >= 0.6 is 0 Å². The van der Waals surface area contributed by atoms with Crippen molar-refractivity contribution in [1.82, 2.24) is 4.90 Å². The van der Waals surface area contributed by atoms with E-state index in [1.807, 2.05) is 12.1 Å². The number of carboxylic acid groups (broad SMARTS) is 1. The van der Waals surface area contributed by atoms with Gasteiger partial charge in [-0.1, -0.05) is 24.3 Å². The average Bonchev–Trinajstić information content (AvgIpc) is 2.75. The van der Waals surface area contributed by atoms with Crippen LogP contribution in [0.5, 0.6) is 0 Å². The van der Waals surface area contributed by atoms with Gasteiger partial charge in [0.1, 0.15) is 0 Å². The fourth-order valence-corrected chi connectivity index (χ4v) is 4.20. The molecule has 0 spiro atoms. The summed E-state index contributed by atoms with van der Waals surface area (Å²) in [7, 11) is 0. The Labute approximate surface area is 166 Å². The SMILES string of the molecule is O=C(O)c1ccc(C2CCN(c3ccc(CN4CCOCC4)cc3)CC2)cc1. The molecule has 2 saturated heterocycles. The van der Waals surface area contributed by atoms with Gasteiger partial charge in [0.15, 0.2) is 0 Å². The number of nitrogens with zero attached hydrogens (tertiary/aromatic N) is 2. The fraction of sp³-hybridized carbons (Fsp3) is 0.435. The van der Waals surface area contributed by atoms with Crippen LogP contribution in [0.25, 0.3) is 0 Å². The van der Waals surface area contributed by atoms with E-state index in [0.29, 0.717) is 11.5 Å². The van der Waals surface area contributed by atoms with Crippen molar-refractivity contribution in [2.75, 3.05) is 44.3 Å². The normalized spacial score (nSPS) is 18.9. The number of piperidine rings is 1. The van der Waals surface area contributed by atoms with Crippen molar-refractivity contribution in [3.63, 3.8) is 0 Å². The quantitative estimate of drug-likeness (QED) is 0.859. The molecule has 2 fully saturated rings. The van der Waals surface area contributed by atoms with Crippen LogP contribution in [0, 0.1) is 0 Å². The molecule has 2 aliphatic rings. The molecule has 4 rings (SSSR count). The number of rotatable bonds is 5. The third-order valence-electron chi connectivity index (χ3n) is 5.94. The highest BCUT2D eigenvalue weighted by atomic mass is 16.5. The Morgan fingerprint density at radius 1 is 0.929 bits per heavy atom. The van der Waals surface area contributed by atoms with Gasteiger partial charge in [-0.25, -0.2) is 4.79 Å². The number of carbonyl (C=O) groups is 1. The lowest BCUT2D eigenvalue weighted by atomic mass is 9.89. The second-order valence-corrected chi connectivity index (χ2v) is 7.74. The summed E-state index contributed by atoms with van der Waals surface area (Å²) in [6.45, 7) is 6.78. The fourth-order valence-electron chi connectivity index (χ4n) is 4.20. The van der Waals surface area contributed by atoms with Gasteiger partial charge in [-0.05, 0) is 54.2 Å². The summed E-state index contributed by atoms with van der Waals surface area (Å²) < 4.78 is 5.42. The highest BCUT2D eigenvalue weighted by Crippen LogP contribution is 2.30. The van der Waals surface area contributed by atoms with Gasteiger partial charge in [-0.2, -0.15) is 0 Å². The molecule has 28 heavy (non-hydrogen) atoms. The Balaban J connectivity index is 1.31. The summed E-state index contributed by atoms with van der Waals surface area (Å²) in [5.74, 6) is -0.349. The van der Waals surface area contributed by atoms with Crippen molar-refractivity contribution < 1.29 is 14.6 Å². The van der Waals surface area contributed by atoms with E-state index in [1.54, 1.807) is 12.1 Å². The molecule has 0 bridgehead atoms. The molecule has 0 saturated carbocycles. The minimum Gasteiger partial charge on any atom is -0.478 e. The molecule has 2 heterocycles. The number of ether oxygens (including phenoxy) is 1. The predicted molar refractivity (Wildman–Crippen MR) is 110 cm³/mol. The van der Waals surface area contributed by atoms with Gasteiger partial charge in [0, 0.05) is 38.4 Å². The number of benzene rings is 2. The molecule has 0 radical (unpaired) electrons. The molecule has 0 aliphatic carbocycles. The predicted octanol–water partition coefficient (Wildman–Crippen LogP) is 3.60. The lowest BCUT2D eigenvalue weighted by molar-refractivity contribution is 0.0342. The second-order valence-electron chi connectivity index (χ2n) is 7.74. The Bertz CT molecular complexity index is 774. The van der Waals surface area contributed by atoms with Crippen molar-refractivity contribution in [1.29, 1.82) is 0 Å². The maximum absolute atomic E-state index is 11.0. The molecule has 0 atom stereocenters. The summed E-state index contributed by atoms with van der Waals surface area (Å²) >= 11 is 0. The molecule has 2 aromatic carbocycles. The maximum atomic E-state index is 11.0. The molecule has 2 aromatic rings. The van der Waals surface area contributed by atoms with E-state index in [9.17, 15) is 4.79 Å². The summed E-state index contributed by atoms with van der Waals surface area (Å²) in [4.78, 5) is 15.9. The standard InChI is InChI=1S/C23H28N2O3/c26-23(27)21-5-3-19(4-6-21)20-9-11-25(12-10-20)22-7-1-18(2-8-22)17-24-13-15-28-16-14-24/h1-8,20H,9-17H2,(H,26,27). The van der Waals surface area contributed by atoms with E-state index in [4.69, 9.17) is 9.84 Å². The van der Waals surface area contributed by atoms with Crippen LogP contribution in [0.1, 0.15) is 40.2 Å². The van der Waals surface area contributed by atoms with E-state index in [-0.39, 0.29) is 0 Å². The summed E-state index contributed by atoms with van der Waals surface area (Å²) in [6, 6.07) is 16.4. The lowest BCUT2D eigenvalue weighted by Crippen LogP contribution is -2.35. The zero-order chi connectivity index (χ0) is 19.3. The van der Waals surface area contributed by atoms with Gasteiger partial charge in [-0.3, -0.25) is 4.90 Å². The highest BCUT2D eigenvalue weighted by molar-refractivity contribution is 5.87. The Hall–Kier alpha value is -2.37. The first-order valence-electron chi connectivity index (χ1n) is 10.2. The third kappa shape index (κ3) is 4.54. The summed E-state index contributed by atoms with van der Waals surface area (Å²) in [5.41, 5.74) is 4.27. The highest BCUT2D eigenvalue weighted by Gasteiger charge is 2.21. The molecule has 2 aliphatic heterocycles. The van der Waals surface area contributed by atoms with Gasteiger partial charge >= 0.3 is 5.97 Å². The molecular formula is C23H28N2O3. The average molecular weight is 380 g/mol. The molecule has 148 valence electrons. The molecule has 0 aromatic heterocycles. The van der Waals surface area contributed by atoms with E-state index >= 15 is 0 Å². The first kappa shape index (κ1) is 19.0. The molecule has 0 unspecified atom stereocenters. The van der Waals surface area contributed by atoms with Crippen molar-refractivity contribution in [3.05, 3.63) is 65.2 Å². The minimum absolute atomic E-state index is 0.360. The molecule has 0 amide bonds. The van der Waals surface area contributed by atoms with Crippen molar-refractivity contribution in [2.45, 2.75) is 25.3 Å². The van der Waals surface area contributed by atoms with Crippen LogP contribution in [0.3, 0.4) is 0 Å². The van der Waals surface area contributed by atoms with E-state index in [0.717, 1.165) is 58.8 Å². The Morgan fingerprint density at radius 3 is 2.18 bits per heavy atom. The largest absolute Gasteiger partial charge is 0.478 e. The van der Waals surface area contributed by atoms with Gasteiger partial charge in [0.25, 0.3) is 0 Å². The van der Waals surface area contributed by atoms with E-state index in [1.165, 1.54) is 16.8 Å². The zero-order valence-electron chi connectivity index (χ0n) is 16.2. The smallest absolute Gasteiger partial charge is 0.335 e. The number of hydrogen-bond donors (Lipinski definition) is 1. The van der Waals surface area contributed by atoms with Crippen molar-refractivity contribution >= 4 is 11.7 Å². The Morgan fingerprint density at radius 2 is 1.57 bits per heavy atom. The van der Waals surface area contributed by atoms with Crippen LogP contribution in [0.15, 0.2) is 48.5 Å². The maximum Gasteiger partial charge on any atom is 0.335 e. The number of anilines is 1. The Kier molecular flexibility index (Phi) is 5.93. The second kappa shape index (κ2) is 8.76. The number of morpholine rings is 1. The van der Waals surface area contributed by atoms with Crippen LogP contribution in [0.4, 0.5) is 5.69 Å². The number of carboxylic acids is 1. The topological polar surface area (TPSA) is 53.0 Å².